The molecule has 1 aromatic rings. The van der Waals surface area contributed by atoms with E-state index in [1.54, 1.807) is 12.3 Å². The summed E-state index contributed by atoms with van der Waals surface area (Å²) in [5, 5.41) is 0. The first-order chi connectivity index (χ1) is 6.53. The maximum Gasteiger partial charge on any atom is 0.269 e. The third kappa shape index (κ3) is 3.43. The van der Waals surface area contributed by atoms with Crippen molar-refractivity contribution in [3.8, 4) is 0 Å². The number of rotatable bonds is 4. The molecule has 1 N–H and O–H groups in total. The van der Waals surface area contributed by atoms with Crippen LogP contribution >= 0.6 is 0 Å². The second-order valence-corrected chi connectivity index (χ2v) is 4.57. The summed E-state index contributed by atoms with van der Waals surface area (Å²) in [6.07, 6.45) is 4.87. The molecular formula is C9H13NO3S. The molecule has 0 aliphatic heterocycles. The number of pyridine rings is 1. The molecule has 78 valence electrons. The van der Waals surface area contributed by atoms with Crippen LogP contribution in [0.2, 0.25) is 0 Å². The molecule has 0 fully saturated rings. The third-order valence-corrected chi connectivity index (χ3v) is 2.54. The molecule has 0 atom stereocenters. The Morgan fingerprint density at radius 1 is 1.43 bits per heavy atom. The highest BCUT2D eigenvalue weighted by Crippen LogP contribution is 2.12. The SMILES string of the molecule is CCCc1cnccc1CS(=O)(=O)O. The van der Waals surface area contributed by atoms with Gasteiger partial charge in [0.2, 0.25) is 0 Å². The van der Waals surface area contributed by atoms with Crippen LogP contribution in [-0.2, 0) is 22.3 Å². The fourth-order valence-corrected chi connectivity index (χ4v) is 1.96. The van der Waals surface area contributed by atoms with Crippen molar-refractivity contribution in [2.24, 2.45) is 0 Å². The van der Waals surface area contributed by atoms with Crippen LogP contribution in [0.25, 0.3) is 0 Å². The van der Waals surface area contributed by atoms with Crippen molar-refractivity contribution >= 4 is 10.1 Å². The summed E-state index contributed by atoms with van der Waals surface area (Å²) < 4.78 is 30.1. The zero-order valence-corrected chi connectivity index (χ0v) is 8.79. The van der Waals surface area contributed by atoms with E-state index in [1.807, 2.05) is 6.92 Å². The fraction of sp³-hybridized carbons (Fsp3) is 0.444. The maximum absolute atomic E-state index is 10.7. The number of hydrogen-bond acceptors (Lipinski definition) is 3. The van der Waals surface area contributed by atoms with Crippen LogP contribution in [0.4, 0.5) is 0 Å². The van der Waals surface area contributed by atoms with Gasteiger partial charge in [-0.1, -0.05) is 13.3 Å². The van der Waals surface area contributed by atoms with Gasteiger partial charge in [-0.2, -0.15) is 8.42 Å². The Bertz CT molecular complexity index is 400. The third-order valence-electron chi connectivity index (χ3n) is 1.86. The highest BCUT2D eigenvalue weighted by Gasteiger charge is 2.09. The van der Waals surface area contributed by atoms with Gasteiger partial charge in [-0.3, -0.25) is 9.54 Å². The molecule has 0 aliphatic carbocycles. The molecule has 0 unspecified atom stereocenters. The Hall–Kier alpha value is -0.940. The van der Waals surface area contributed by atoms with Crippen LogP contribution < -0.4 is 0 Å². The Balaban J connectivity index is 2.95. The van der Waals surface area contributed by atoms with Crippen molar-refractivity contribution in [2.75, 3.05) is 0 Å². The van der Waals surface area contributed by atoms with Gasteiger partial charge in [0.1, 0.15) is 5.75 Å². The molecule has 5 heteroatoms. The molecule has 1 rings (SSSR count). The van der Waals surface area contributed by atoms with Crippen LogP contribution in [0, 0.1) is 0 Å². The number of hydrogen-bond donors (Lipinski definition) is 1. The molecule has 0 bridgehead atoms. The van der Waals surface area contributed by atoms with Crippen LogP contribution in [0.15, 0.2) is 18.5 Å². The Morgan fingerprint density at radius 2 is 2.14 bits per heavy atom. The predicted octanol–water partition coefficient (Wildman–Crippen LogP) is 1.42. The molecular weight excluding hydrogens is 202 g/mol. The second kappa shape index (κ2) is 4.52. The van der Waals surface area contributed by atoms with E-state index in [0.717, 1.165) is 18.4 Å². The lowest BCUT2D eigenvalue weighted by molar-refractivity contribution is 0.482. The van der Waals surface area contributed by atoms with Gasteiger partial charge in [-0.05, 0) is 23.6 Å². The summed E-state index contributed by atoms with van der Waals surface area (Å²) in [7, 11) is -3.95. The monoisotopic (exact) mass is 215 g/mol. The van der Waals surface area contributed by atoms with E-state index in [9.17, 15) is 8.42 Å². The fourth-order valence-electron chi connectivity index (χ4n) is 1.29. The lowest BCUT2D eigenvalue weighted by Crippen LogP contribution is -2.04. The minimum Gasteiger partial charge on any atom is -0.285 e. The van der Waals surface area contributed by atoms with Crippen molar-refractivity contribution in [2.45, 2.75) is 25.5 Å². The van der Waals surface area contributed by atoms with Gasteiger partial charge in [-0.25, -0.2) is 0 Å². The summed E-state index contributed by atoms with van der Waals surface area (Å²) in [5.74, 6) is -0.329. The average molecular weight is 215 g/mol. The molecule has 0 spiro atoms. The normalized spacial score (nSPS) is 11.6. The highest BCUT2D eigenvalue weighted by molar-refractivity contribution is 7.85. The molecule has 0 saturated heterocycles. The second-order valence-electron chi connectivity index (χ2n) is 3.12. The maximum atomic E-state index is 10.7. The van der Waals surface area contributed by atoms with Gasteiger partial charge in [-0.15, -0.1) is 0 Å². The Morgan fingerprint density at radius 3 is 2.71 bits per heavy atom. The van der Waals surface area contributed by atoms with Crippen LogP contribution in [-0.4, -0.2) is 18.0 Å². The van der Waals surface area contributed by atoms with Gasteiger partial charge in [0.15, 0.2) is 0 Å². The van der Waals surface area contributed by atoms with E-state index in [-0.39, 0.29) is 5.75 Å². The van der Waals surface area contributed by atoms with Gasteiger partial charge in [0.05, 0.1) is 0 Å². The number of aryl methyl sites for hydroxylation is 1. The van der Waals surface area contributed by atoms with E-state index in [0.29, 0.717) is 5.56 Å². The Labute approximate surface area is 83.7 Å². The first-order valence-corrected chi connectivity index (χ1v) is 6.01. The number of aromatic nitrogens is 1. The van der Waals surface area contributed by atoms with Crippen molar-refractivity contribution < 1.29 is 13.0 Å². The van der Waals surface area contributed by atoms with Crippen molar-refractivity contribution in [1.29, 1.82) is 0 Å². The average Bonchev–Trinajstić information content (AvgIpc) is 2.06. The van der Waals surface area contributed by atoms with E-state index in [2.05, 4.69) is 4.98 Å². The van der Waals surface area contributed by atoms with Gasteiger partial charge in [0, 0.05) is 12.4 Å². The van der Waals surface area contributed by atoms with Crippen molar-refractivity contribution in [3.63, 3.8) is 0 Å². The lowest BCUT2D eigenvalue weighted by Gasteiger charge is -2.05. The summed E-state index contributed by atoms with van der Waals surface area (Å²) in [4.78, 5) is 3.92. The summed E-state index contributed by atoms with van der Waals surface area (Å²) in [6.45, 7) is 2.00. The summed E-state index contributed by atoms with van der Waals surface area (Å²) in [5.41, 5.74) is 1.51. The van der Waals surface area contributed by atoms with Crippen LogP contribution in [0.5, 0.6) is 0 Å². The molecule has 0 aromatic carbocycles. The first kappa shape index (κ1) is 11.1. The van der Waals surface area contributed by atoms with Crippen LogP contribution in [0.3, 0.4) is 0 Å². The van der Waals surface area contributed by atoms with E-state index >= 15 is 0 Å². The van der Waals surface area contributed by atoms with Gasteiger partial charge >= 0.3 is 0 Å². The van der Waals surface area contributed by atoms with E-state index in [1.165, 1.54) is 6.20 Å². The molecule has 0 radical (unpaired) electrons. The summed E-state index contributed by atoms with van der Waals surface area (Å²) in [6, 6.07) is 1.62. The number of nitrogens with zero attached hydrogens (tertiary/aromatic N) is 1. The zero-order valence-electron chi connectivity index (χ0n) is 7.97. The van der Waals surface area contributed by atoms with Crippen LogP contribution in [0.1, 0.15) is 24.5 Å². The molecule has 14 heavy (non-hydrogen) atoms. The summed E-state index contributed by atoms with van der Waals surface area (Å²) >= 11 is 0. The molecule has 0 aliphatic rings. The van der Waals surface area contributed by atoms with Gasteiger partial charge < -0.3 is 0 Å². The van der Waals surface area contributed by atoms with E-state index in [4.69, 9.17) is 4.55 Å². The standard InChI is InChI=1S/C9H13NO3S/c1-2-3-8-6-10-5-4-9(8)7-14(11,12)13/h4-6H,2-3,7H2,1H3,(H,11,12,13). The highest BCUT2D eigenvalue weighted by atomic mass is 32.2. The van der Waals surface area contributed by atoms with Gasteiger partial charge in [0.25, 0.3) is 10.1 Å². The van der Waals surface area contributed by atoms with Crippen molar-refractivity contribution in [1.82, 2.24) is 4.98 Å². The molecule has 1 heterocycles. The van der Waals surface area contributed by atoms with Crippen molar-refractivity contribution in [3.05, 3.63) is 29.6 Å². The predicted molar refractivity (Wildman–Crippen MR) is 53.5 cm³/mol. The minimum absolute atomic E-state index is 0.329. The lowest BCUT2D eigenvalue weighted by atomic mass is 10.1. The molecule has 1 aromatic heterocycles. The molecule has 0 amide bonds. The molecule has 4 nitrogen and oxygen atoms in total. The largest absolute Gasteiger partial charge is 0.285 e. The smallest absolute Gasteiger partial charge is 0.269 e. The quantitative estimate of drug-likeness (QED) is 0.771. The first-order valence-electron chi connectivity index (χ1n) is 4.40. The minimum atomic E-state index is -3.95. The topological polar surface area (TPSA) is 67.3 Å². The zero-order chi connectivity index (χ0) is 10.6. The van der Waals surface area contributed by atoms with E-state index < -0.39 is 10.1 Å². The molecule has 0 saturated carbocycles. The Kier molecular flexibility index (Phi) is 3.60.